The van der Waals surface area contributed by atoms with Gasteiger partial charge in [-0.3, -0.25) is 0 Å². The van der Waals surface area contributed by atoms with E-state index in [4.69, 9.17) is 52.2 Å². The normalized spacial score (nSPS) is 15.3. The van der Waals surface area contributed by atoms with Gasteiger partial charge in [0.25, 0.3) is 0 Å². The molecule has 0 heterocycles. The molecule has 10 heavy (non-hydrogen) atoms. The van der Waals surface area contributed by atoms with Gasteiger partial charge in [-0.05, 0) is 6.92 Å². The highest BCUT2D eigenvalue weighted by atomic mass is 35.6. The molecular formula is C5H8Cl3OS. The number of alkyl halides is 3. The van der Waals surface area contributed by atoms with Gasteiger partial charge in [0.15, 0.2) is 3.79 Å². The molecule has 5 heteroatoms. The van der Waals surface area contributed by atoms with Crippen LogP contribution < -0.4 is 0 Å². The highest BCUT2D eigenvalue weighted by molar-refractivity contribution is 7.80. The summed E-state index contributed by atoms with van der Waals surface area (Å²) in [5, 5.41) is 0. The summed E-state index contributed by atoms with van der Waals surface area (Å²) in [5.74, 6) is 0. The van der Waals surface area contributed by atoms with Crippen LogP contribution in [0, 0.1) is 0 Å². The monoisotopic (exact) mass is 221 g/mol. The summed E-state index contributed by atoms with van der Waals surface area (Å²) in [5.41, 5.74) is -0.215. The van der Waals surface area contributed by atoms with E-state index in [1.807, 2.05) is 0 Å². The minimum atomic E-state index is -1.22. The zero-order valence-electron chi connectivity index (χ0n) is 5.44. The van der Waals surface area contributed by atoms with Crippen molar-refractivity contribution >= 4 is 47.4 Å². The molecule has 0 bridgehead atoms. The van der Waals surface area contributed by atoms with Gasteiger partial charge in [0.1, 0.15) is 5.44 Å². The lowest BCUT2D eigenvalue weighted by molar-refractivity contribution is 0.124. The zero-order chi connectivity index (χ0) is 8.20. The Morgan fingerprint density at radius 3 is 2.30 bits per heavy atom. The van der Waals surface area contributed by atoms with E-state index in [2.05, 4.69) is 0 Å². The molecule has 0 amide bonds. The number of hydrogen-bond donors (Lipinski definition) is 0. The van der Waals surface area contributed by atoms with Crippen LogP contribution in [0.25, 0.3) is 0 Å². The first-order valence-electron chi connectivity index (χ1n) is 2.76. The second-order valence-electron chi connectivity index (χ2n) is 1.80. The third kappa shape index (κ3) is 9.18. The van der Waals surface area contributed by atoms with Crippen molar-refractivity contribution in [1.29, 1.82) is 0 Å². The first-order valence-corrected chi connectivity index (χ1v) is 4.36. The van der Waals surface area contributed by atoms with Crippen molar-refractivity contribution in [2.75, 3.05) is 6.61 Å². The predicted octanol–water partition coefficient (Wildman–Crippen LogP) is 3.31. The lowest BCUT2D eigenvalue weighted by Gasteiger charge is -2.11. The standard InChI is InChI=1S/C5H8Cl3OS/c1-4(10)9-3-2-5(6,7)8/h4H,2-3H2,1H3. The van der Waals surface area contributed by atoms with E-state index in [-0.39, 0.29) is 5.44 Å². The molecule has 0 aromatic heterocycles. The Kier molecular flexibility index (Phi) is 5.52. The highest BCUT2D eigenvalue weighted by Gasteiger charge is 2.18. The summed E-state index contributed by atoms with van der Waals surface area (Å²) in [7, 11) is 0. The molecule has 1 radical (unpaired) electrons. The Hall–Kier alpha value is 1.18. The fraction of sp³-hybridized carbons (Fsp3) is 1.00. The first-order chi connectivity index (χ1) is 4.42. The van der Waals surface area contributed by atoms with Crippen LogP contribution in [-0.2, 0) is 4.74 Å². The Morgan fingerprint density at radius 2 is 2.00 bits per heavy atom. The molecule has 0 N–H and O–H groups in total. The highest BCUT2D eigenvalue weighted by Crippen LogP contribution is 2.29. The van der Waals surface area contributed by atoms with E-state index in [0.717, 1.165) is 0 Å². The number of halogens is 3. The molecule has 0 aliphatic rings. The number of rotatable bonds is 3. The lowest BCUT2D eigenvalue weighted by Crippen LogP contribution is -2.10. The molecule has 0 aliphatic heterocycles. The van der Waals surface area contributed by atoms with Gasteiger partial charge in [0.05, 0.1) is 6.61 Å². The molecular weight excluding hydrogens is 214 g/mol. The van der Waals surface area contributed by atoms with Crippen LogP contribution in [0.5, 0.6) is 0 Å². The van der Waals surface area contributed by atoms with Gasteiger partial charge in [0, 0.05) is 6.42 Å². The molecule has 0 aliphatic carbocycles. The van der Waals surface area contributed by atoms with E-state index in [9.17, 15) is 0 Å². The van der Waals surface area contributed by atoms with Gasteiger partial charge >= 0.3 is 0 Å². The van der Waals surface area contributed by atoms with Crippen LogP contribution in [0.4, 0.5) is 0 Å². The number of hydrogen-bond acceptors (Lipinski definition) is 1. The molecule has 0 rings (SSSR count). The second-order valence-corrected chi connectivity index (χ2v) is 4.98. The third-order valence-corrected chi connectivity index (χ3v) is 1.44. The number of ether oxygens (including phenoxy) is 1. The van der Waals surface area contributed by atoms with E-state index < -0.39 is 3.79 Å². The summed E-state index contributed by atoms with van der Waals surface area (Å²) in [6, 6.07) is 0. The van der Waals surface area contributed by atoms with Crippen molar-refractivity contribution in [2.45, 2.75) is 22.6 Å². The van der Waals surface area contributed by atoms with Crippen molar-refractivity contribution in [3.63, 3.8) is 0 Å². The Labute approximate surface area is 81.4 Å². The van der Waals surface area contributed by atoms with Crippen molar-refractivity contribution in [3.05, 3.63) is 0 Å². The zero-order valence-corrected chi connectivity index (χ0v) is 8.53. The Balaban J connectivity index is 3.21. The van der Waals surface area contributed by atoms with Crippen LogP contribution >= 0.6 is 47.4 Å². The van der Waals surface area contributed by atoms with E-state index in [0.29, 0.717) is 13.0 Å². The first kappa shape index (κ1) is 11.2. The van der Waals surface area contributed by atoms with Crippen molar-refractivity contribution < 1.29 is 4.74 Å². The maximum Gasteiger partial charge on any atom is 0.192 e. The van der Waals surface area contributed by atoms with E-state index in [1.165, 1.54) is 0 Å². The smallest absolute Gasteiger partial charge is 0.192 e. The van der Waals surface area contributed by atoms with Gasteiger partial charge < -0.3 is 4.74 Å². The van der Waals surface area contributed by atoms with Crippen LogP contribution in [0.3, 0.4) is 0 Å². The minimum Gasteiger partial charge on any atom is -0.367 e. The van der Waals surface area contributed by atoms with Crippen LogP contribution in [-0.4, -0.2) is 15.8 Å². The van der Waals surface area contributed by atoms with E-state index in [1.54, 1.807) is 6.92 Å². The van der Waals surface area contributed by atoms with Gasteiger partial charge in [-0.2, -0.15) is 0 Å². The van der Waals surface area contributed by atoms with Gasteiger partial charge in [-0.1, -0.05) is 47.4 Å². The van der Waals surface area contributed by atoms with Crippen LogP contribution in [0.15, 0.2) is 0 Å². The maximum absolute atomic E-state index is 5.43. The molecule has 1 atom stereocenters. The molecule has 61 valence electrons. The summed E-state index contributed by atoms with van der Waals surface area (Å²) in [6.07, 6.45) is 0.374. The van der Waals surface area contributed by atoms with Crippen LogP contribution in [0.2, 0.25) is 0 Å². The summed E-state index contributed by atoms with van der Waals surface area (Å²) in [6.45, 7) is 2.15. The predicted molar refractivity (Wildman–Crippen MR) is 47.9 cm³/mol. The van der Waals surface area contributed by atoms with Crippen molar-refractivity contribution in [1.82, 2.24) is 0 Å². The Morgan fingerprint density at radius 1 is 1.50 bits per heavy atom. The molecule has 0 spiro atoms. The second kappa shape index (κ2) is 4.94. The van der Waals surface area contributed by atoms with Gasteiger partial charge in [-0.25, -0.2) is 0 Å². The molecule has 0 aromatic rings. The van der Waals surface area contributed by atoms with Crippen molar-refractivity contribution in [2.24, 2.45) is 0 Å². The van der Waals surface area contributed by atoms with E-state index >= 15 is 0 Å². The topological polar surface area (TPSA) is 9.23 Å². The largest absolute Gasteiger partial charge is 0.367 e. The van der Waals surface area contributed by atoms with Gasteiger partial charge in [-0.15, -0.1) is 0 Å². The summed E-state index contributed by atoms with van der Waals surface area (Å²) >= 11 is 21.0. The van der Waals surface area contributed by atoms with Gasteiger partial charge in [0.2, 0.25) is 0 Å². The minimum absolute atomic E-state index is 0.215. The fourth-order valence-corrected chi connectivity index (χ4v) is 0.668. The molecule has 0 fully saturated rings. The average molecular weight is 223 g/mol. The lowest BCUT2D eigenvalue weighted by atomic mass is 10.5. The Bertz CT molecular complexity index is 91.4. The summed E-state index contributed by atoms with van der Waals surface area (Å²) < 4.78 is 3.76. The molecule has 1 nitrogen and oxygen atoms in total. The fourth-order valence-electron chi connectivity index (χ4n) is 0.341. The molecule has 0 saturated carbocycles. The SMILES string of the molecule is CC([S])OCCC(Cl)(Cl)Cl. The van der Waals surface area contributed by atoms with Crippen LogP contribution in [0.1, 0.15) is 13.3 Å². The molecule has 0 saturated heterocycles. The maximum atomic E-state index is 5.43. The molecule has 0 aromatic carbocycles. The average Bonchev–Trinajstić information content (AvgIpc) is 1.59. The quantitative estimate of drug-likeness (QED) is 0.666. The molecule has 1 unspecified atom stereocenters. The van der Waals surface area contributed by atoms with Crippen molar-refractivity contribution in [3.8, 4) is 0 Å². The third-order valence-electron chi connectivity index (χ3n) is 0.738. The summed E-state index contributed by atoms with van der Waals surface area (Å²) in [4.78, 5) is 0.